The van der Waals surface area contributed by atoms with Crippen molar-refractivity contribution in [2.75, 3.05) is 0 Å². The van der Waals surface area contributed by atoms with E-state index in [4.69, 9.17) is 9.68 Å². The molecule has 0 aliphatic rings. The van der Waals surface area contributed by atoms with E-state index in [0.29, 0.717) is 5.89 Å². The molecule has 4 nitrogen and oxygen atoms in total. The normalized spacial score (nSPS) is 10.5. The lowest BCUT2D eigenvalue weighted by Crippen LogP contribution is -2.15. The van der Waals surface area contributed by atoms with Gasteiger partial charge in [-0.25, -0.2) is 13.8 Å². The SMILES string of the molecule is CCc1cnc(CNCc2c(F)cc(C#N)cc2F)o1. The van der Waals surface area contributed by atoms with Crippen molar-refractivity contribution in [1.82, 2.24) is 10.3 Å². The molecule has 20 heavy (non-hydrogen) atoms. The third-order valence-electron chi connectivity index (χ3n) is 2.80. The van der Waals surface area contributed by atoms with Gasteiger partial charge in [-0.3, -0.25) is 0 Å². The first kappa shape index (κ1) is 14.2. The average molecular weight is 277 g/mol. The van der Waals surface area contributed by atoms with E-state index in [0.717, 1.165) is 24.3 Å². The number of halogens is 2. The van der Waals surface area contributed by atoms with Crippen molar-refractivity contribution in [3.05, 3.63) is 52.7 Å². The van der Waals surface area contributed by atoms with Crippen LogP contribution in [-0.2, 0) is 19.5 Å². The predicted octanol–water partition coefficient (Wildman–Crippen LogP) is 2.68. The van der Waals surface area contributed by atoms with Crippen molar-refractivity contribution in [2.45, 2.75) is 26.4 Å². The monoisotopic (exact) mass is 277 g/mol. The maximum atomic E-state index is 13.6. The zero-order valence-electron chi connectivity index (χ0n) is 10.9. The summed E-state index contributed by atoms with van der Waals surface area (Å²) in [5, 5.41) is 11.5. The number of oxazole rings is 1. The van der Waals surface area contributed by atoms with Crippen LogP contribution in [0.15, 0.2) is 22.7 Å². The lowest BCUT2D eigenvalue weighted by atomic mass is 10.1. The predicted molar refractivity (Wildman–Crippen MR) is 67.5 cm³/mol. The van der Waals surface area contributed by atoms with E-state index in [1.807, 2.05) is 6.92 Å². The van der Waals surface area contributed by atoms with Gasteiger partial charge >= 0.3 is 0 Å². The van der Waals surface area contributed by atoms with Gasteiger partial charge in [0.25, 0.3) is 0 Å². The van der Waals surface area contributed by atoms with E-state index in [1.165, 1.54) is 0 Å². The second kappa shape index (κ2) is 6.26. The van der Waals surface area contributed by atoms with Crippen LogP contribution in [0.4, 0.5) is 8.78 Å². The molecule has 0 radical (unpaired) electrons. The van der Waals surface area contributed by atoms with Gasteiger partial charge in [0.15, 0.2) is 0 Å². The summed E-state index contributed by atoms with van der Waals surface area (Å²) in [6.07, 6.45) is 2.37. The average Bonchev–Trinajstić information content (AvgIpc) is 2.89. The van der Waals surface area contributed by atoms with Gasteiger partial charge in [0, 0.05) is 18.5 Å². The summed E-state index contributed by atoms with van der Waals surface area (Å²) in [6, 6.07) is 3.73. The Hall–Kier alpha value is -2.26. The van der Waals surface area contributed by atoms with E-state index in [1.54, 1.807) is 12.3 Å². The highest BCUT2D eigenvalue weighted by atomic mass is 19.1. The van der Waals surface area contributed by atoms with Crippen molar-refractivity contribution in [3.8, 4) is 6.07 Å². The van der Waals surface area contributed by atoms with Gasteiger partial charge in [-0.2, -0.15) is 5.26 Å². The fourth-order valence-electron chi connectivity index (χ4n) is 1.72. The van der Waals surface area contributed by atoms with Gasteiger partial charge in [0.1, 0.15) is 17.4 Å². The molecule has 0 bridgehead atoms. The van der Waals surface area contributed by atoms with Gasteiger partial charge < -0.3 is 9.73 Å². The van der Waals surface area contributed by atoms with Gasteiger partial charge in [-0.1, -0.05) is 6.92 Å². The number of nitrogens with one attached hydrogen (secondary N) is 1. The van der Waals surface area contributed by atoms with Crippen molar-refractivity contribution in [3.63, 3.8) is 0 Å². The summed E-state index contributed by atoms with van der Waals surface area (Å²) in [7, 11) is 0. The Labute approximate surface area is 115 Å². The van der Waals surface area contributed by atoms with Crippen molar-refractivity contribution >= 4 is 0 Å². The summed E-state index contributed by atoms with van der Waals surface area (Å²) in [5.41, 5.74) is -0.143. The van der Waals surface area contributed by atoms with E-state index >= 15 is 0 Å². The molecule has 0 saturated heterocycles. The van der Waals surface area contributed by atoms with Crippen LogP contribution in [0.5, 0.6) is 0 Å². The maximum absolute atomic E-state index is 13.6. The largest absolute Gasteiger partial charge is 0.444 e. The van der Waals surface area contributed by atoms with Crippen LogP contribution in [0.1, 0.15) is 29.7 Å². The molecule has 0 fully saturated rings. The molecule has 6 heteroatoms. The van der Waals surface area contributed by atoms with Gasteiger partial charge in [-0.15, -0.1) is 0 Å². The lowest BCUT2D eigenvalue weighted by molar-refractivity contribution is 0.434. The smallest absolute Gasteiger partial charge is 0.208 e. The molecule has 1 N–H and O–H groups in total. The number of aromatic nitrogens is 1. The molecule has 2 rings (SSSR count). The van der Waals surface area contributed by atoms with E-state index in [-0.39, 0.29) is 24.2 Å². The number of nitriles is 1. The Bertz CT molecular complexity index is 623. The molecule has 0 saturated carbocycles. The number of hydrogen-bond donors (Lipinski definition) is 1. The standard InChI is InChI=1S/C14H13F2N3O/c1-2-10-6-19-14(20-10)8-18-7-11-12(15)3-9(5-17)4-13(11)16/h3-4,6,18H,2,7-8H2,1H3. The summed E-state index contributed by atoms with van der Waals surface area (Å²) < 4.78 is 32.6. The fourth-order valence-corrected chi connectivity index (χ4v) is 1.72. The minimum Gasteiger partial charge on any atom is -0.444 e. The molecule has 0 unspecified atom stereocenters. The molecule has 0 spiro atoms. The minimum absolute atomic E-state index is 0.00673. The highest BCUT2D eigenvalue weighted by Crippen LogP contribution is 2.15. The number of aryl methyl sites for hydroxylation is 1. The molecule has 0 atom stereocenters. The first-order chi connectivity index (χ1) is 9.63. The Morgan fingerprint density at radius 2 is 2.00 bits per heavy atom. The minimum atomic E-state index is -0.740. The van der Waals surface area contributed by atoms with Crippen LogP contribution in [0.2, 0.25) is 0 Å². The second-order valence-electron chi connectivity index (χ2n) is 4.21. The van der Waals surface area contributed by atoms with Crippen LogP contribution >= 0.6 is 0 Å². The maximum Gasteiger partial charge on any atom is 0.208 e. The zero-order valence-corrected chi connectivity index (χ0v) is 10.9. The number of rotatable bonds is 5. The van der Waals surface area contributed by atoms with Crippen LogP contribution in [0.3, 0.4) is 0 Å². The van der Waals surface area contributed by atoms with E-state index in [9.17, 15) is 8.78 Å². The summed E-state index contributed by atoms with van der Waals surface area (Å²) >= 11 is 0. The summed E-state index contributed by atoms with van der Waals surface area (Å²) in [6.45, 7) is 2.21. The third-order valence-corrected chi connectivity index (χ3v) is 2.80. The van der Waals surface area contributed by atoms with E-state index < -0.39 is 11.6 Å². The fraction of sp³-hybridized carbons (Fsp3) is 0.286. The third kappa shape index (κ3) is 3.19. The zero-order chi connectivity index (χ0) is 14.5. The number of benzene rings is 1. The molecule has 2 aromatic rings. The summed E-state index contributed by atoms with van der Waals surface area (Å²) in [5.74, 6) is -0.250. The van der Waals surface area contributed by atoms with Gasteiger partial charge in [0.05, 0.1) is 24.4 Å². The van der Waals surface area contributed by atoms with Gasteiger partial charge in [-0.05, 0) is 12.1 Å². The summed E-state index contributed by atoms with van der Waals surface area (Å²) in [4.78, 5) is 4.03. The Kier molecular flexibility index (Phi) is 4.43. The highest BCUT2D eigenvalue weighted by molar-refractivity contribution is 5.34. The van der Waals surface area contributed by atoms with Gasteiger partial charge in [0.2, 0.25) is 5.89 Å². The molecule has 1 heterocycles. The Morgan fingerprint density at radius 3 is 2.55 bits per heavy atom. The Morgan fingerprint density at radius 1 is 1.30 bits per heavy atom. The first-order valence-corrected chi connectivity index (χ1v) is 6.16. The van der Waals surface area contributed by atoms with Crippen LogP contribution < -0.4 is 5.32 Å². The Balaban J connectivity index is 1.99. The first-order valence-electron chi connectivity index (χ1n) is 6.16. The van der Waals surface area contributed by atoms with Crippen LogP contribution in [-0.4, -0.2) is 4.98 Å². The molecule has 0 aliphatic carbocycles. The molecule has 104 valence electrons. The van der Waals surface area contributed by atoms with Crippen molar-refractivity contribution in [2.24, 2.45) is 0 Å². The quantitative estimate of drug-likeness (QED) is 0.912. The molecule has 0 aliphatic heterocycles. The molecular weight excluding hydrogens is 264 g/mol. The molecule has 1 aromatic heterocycles. The van der Waals surface area contributed by atoms with E-state index in [2.05, 4.69) is 10.3 Å². The number of nitrogens with zero attached hydrogens (tertiary/aromatic N) is 2. The van der Waals surface area contributed by atoms with Crippen molar-refractivity contribution < 1.29 is 13.2 Å². The van der Waals surface area contributed by atoms with Crippen LogP contribution in [0.25, 0.3) is 0 Å². The lowest BCUT2D eigenvalue weighted by Gasteiger charge is -2.06. The molecule has 0 amide bonds. The second-order valence-corrected chi connectivity index (χ2v) is 4.21. The number of hydrogen-bond acceptors (Lipinski definition) is 4. The van der Waals surface area contributed by atoms with Crippen LogP contribution in [0, 0.1) is 23.0 Å². The molecular formula is C14H13F2N3O. The highest BCUT2D eigenvalue weighted by Gasteiger charge is 2.11. The topological polar surface area (TPSA) is 61.9 Å². The molecule has 1 aromatic carbocycles. The van der Waals surface area contributed by atoms with Crippen molar-refractivity contribution in [1.29, 1.82) is 5.26 Å².